The highest BCUT2D eigenvalue weighted by Crippen LogP contribution is 2.25. The van der Waals surface area contributed by atoms with Crippen molar-refractivity contribution < 1.29 is 41.9 Å². The van der Waals surface area contributed by atoms with Gasteiger partial charge in [0.1, 0.15) is 0 Å². The molecule has 4 N–H and O–H groups in total. The molecule has 0 spiro atoms. The minimum absolute atomic E-state index is 0.0517. The monoisotopic (exact) mass is 694 g/mol. The van der Waals surface area contributed by atoms with Crippen LogP contribution in [0.4, 0.5) is 18.0 Å². The van der Waals surface area contributed by atoms with Gasteiger partial charge in [-0.05, 0) is 47.2 Å². The molecular weight excluding hydrogens is 664 g/mol. The van der Waals surface area contributed by atoms with Gasteiger partial charge in [-0.25, -0.2) is 9.59 Å². The fraction of sp³-hybridized carbons (Fsp3) is 0.281. The number of carbonyl (C=O) groups excluding carboxylic acids is 5. The van der Waals surface area contributed by atoms with Crippen LogP contribution in [0.15, 0.2) is 72.8 Å². The van der Waals surface area contributed by atoms with E-state index in [1.807, 2.05) is 30.3 Å². The Labute approximate surface area is 278 Å². The van der Waals surface area contributed by atoms with E-state index in [1.165, 1.54) is 0 Å². The first-order chi connectivity index (χ1) is 22.3. The van der Waals surface area contributed by atoms with Crippen molar-refractivity contribution in [3.8, 4) is 11.1 Å². The Morgan fingerprint density at radius 1 is 0.766 bits per heavy atom. The largest absolute Gasteiger partial charge is 0.491 e. The molecular formula is C32H31Cl2F3N4O6. The molecule has 0 aliphatic rings. The van der Waals surface area contributed by atoms with Gasteiger partial charge in [-0.3, -0.25) is 14.4 Å². The van der Waals surface area contributed by atoms with Crippen molar-refractivity contribution in [3.05, 3.63) is 94.0 Å². The van der Waals surface area contributed by atoms with Crippen molar-refractivity contribution in [2.24, 2.45) is 0 Å². The summed E-state index contributed by atoms with van der Waals surface area (Å²) in [4.78, 5) is 60.1. The normalized spacial score (nSPS) is 11.6. The van der Waals surface area contributed by atoms with Gasteiger partial charge in [0, 0.05) is 19.5 Å². The number of alkyl halides is 3. The second-order valence-corrected chi connectivity index (χ2v) is 11.0. The summed E-state index contributed by atoms with van der Waals surface area (Å²) in [6, 6.07) is 19.2. The summed E-state index contributed by atoms with van der Waals surface area (Å²) in [5.74, 6) is -5.35. The van der Waals surface area contributed by atoms with Crippen molar-refractivity contribution >= 4 is 53.0 Å². The predicted octanol–water partition coefficient (Wildman–Crippen LogP) is 5.63. The summed E-state index contributed by atoms with van der Waals surface area (Å²) in [6.45, 7) is 0.0436. The van der Waals surface area contributed by atoms with Gasteiger partial charge in [-0.15, -0.1) is 0 Å². The van der Waals surface area contributed by atoms with Crippen LogP contribution in [-0.2, 0) is 30.5 Å². The average molecular weight is 696 g/mol. The molecule has 0 aliphatic carbocycles. The Kier molecular flexibility index (Phi) is 14.0. The minimum Gasteiger partial charge on any atom is -0.386 e. The van der Waals surface area contributed by atoms with Crippen LogP contribution in [0.1, 0.15) is 42.9 Å². The number of ether oxygens (including phenoxy) is 1. The first kappa shape index (κ1) is 36.8. The minimum atomic E-state index is -5.37. The fourth-order valence-electron chi connectivity index (χ4n) is 4.18. The van der Waals surface area contributed by atoms with E-state index in [1.54, 1.807) is 42.5 Å². The summed E-state index contributed by atoms with van der Waals surface area (Å²) in [6.07, 6.45) is -5.22. The van der Waals surface area contributed by atoms with Gasteiger partial charge < -0.3 is 26.0 Å². The maximum atomic E-state index is 12.6. The van der Waals surface area contributed by atoms with E-state index >= 15 is 0 Å². The maximum Gasteiger partial charge on any atom is 0.491 e. The number of esters is 2. The van der Waals surface area contributed by atoms with Crippen molar-refractivity contribution in [2.45, 2.75) is 44.4 Å². The van der Waals surface area contributed by atoms with Gasteiger partial charge in [0.2, 0.25) is 11.8 Å². The molecule has 3 aromatic rings. The van der Waals surface area contributed by atoms with Gasteiger partial charge >= 0.3 is 24.1 Å². The summed E-state index contributed by atoms with van der Waals surface area (Å²) in [7, 11) is 0. The third-order valence-electron chi connectivity index (χ3n) is 6.56. The molecule has 250 valence electrons. The quantitative estimate of drug-likeness (QED) is 0.0980. The smallest absolute Gasteiger partial charge is 0.386 e. The number of rotatable bonds is 14. The van der Waals surface area contributed by atoms with Gasteiger partial charge in [0.25, 0.3) is 0 Å². The third kappa shape index (κ3) is 13.0. The highest BCUT2D eigenvalue weighted by Gasteiger charge is 2.42. The molecule has 0 saturated heterocycles. The maximum absolute atomic E-state index is 12.6. The number of hydrogen-bond donors (Lipinski definition) is 4. The standard InChI is InChI=1S/C32H31Cl2F3N4O6/c33-24-14-9-20(16-25(24)34)18-40-31(46)38-15-5-4-8-27(42)39-19-28(43)41-26(17-29(44)47-30(45)32(35,36)37)23-12-10-22(11-13-23)21-6-2-1-3-7-21/h1-3,6-7,9-14,16,26H,4-5,8,15,17-19H2,(H,39,42)(H,41,43)(H2,38,40,46). The van der Waals surface area contributed by atoms with Gasteiger partial charge in [-0.2, -0.15) is 13.2 Å². The average Bonchev–Trinajstić information content (AvgIpc) is 3.04. The Balaban J connectivity index is 1.44. The van der Waals surface area contributed by atoms with Crippen molar-refractivity contribution in [2.75, 3.05) is 13.1 Å². The summed E-state index contributed by atoms with van der Waals surface area (Å²) < 4.78 is 41.6. The Morgan fingerprint density at radius 2 is 1.45 bits per heavy atom. The van der Waals surface area contributed by atoms with Crippen molar-refractivity contribution in [3.63, 3.8) is 0 Å². The lowest BCUT2D eigenvalue weighted by Gasteiger charge is -2.19. The second kappa shape index (κ2) is 17.9. The van der Waals surface area contributed by atoms with E-state index in [0.717, 1.165) is 16.7 Å². The van der Waals surface area contributed by atoms with Crippen LogP contribution in [0.2, 0.25) is 10.0 Å². The van der Waals surface area contributed by atoms with Crippen LogP contribution in [0.5, 0.6) is 0 Å². The molecule has 15 heteroatoms. The van der Waals surface area contributed by atoms with E-state index in [-0.39, 0.29) is 13.0 Å². The van der Waals surface area contributed by atoms with E-state index in [4.69, 9.17) is 23.2 Å². The van der Waals surface area contributed by atoms with Crippen LogP contribution < -0.4 is 21.3 Å². The molecule has 0 saturated carbocycles. The fourth-order valence-corrected chi connectivity index (χ4v) is 4.50. The van der Waals surface area contributed by atoms with Crippen molar-refractivity contribution in [1.82, 2.24) is 21.3 Å². The van der Waals surface area contributed by atoms with Gasteiger partial charge in [0.05, 0.1) is 29.1 Å². The molecule has 47 heavy (non-hydrogen) atoms. The molecule has 0 radical (unpaired) electrons. The Hall–Kier alpha value is -4.62. The number of halogens is 5. The molecule has 0 fully saturated rings. The zero-order valence-corrected chi connectivity index (χ0v) is 26.3. The molecule has 0 aliphatic heterocycles. The molecule has 1 unspecified atom stereocenters. The summed E-state index contributed by atoms with van der Waals surface area (Å²) in [5, 5.41) is 11.0. The first-order valence-corrected chi connectivity index (χ1v) is 15.1. The highest BCUT2D eigenvalue weighted by molar-refractivity contribution is 6.42. The summed E-state index contributed by atoms with van der Waals surface area (Å²) >= 11 is 11.8. The lowest BCUT2D eigenvalue weighted by Crippen LogP contribution is -2.39. The topological polar surface area (TPSA) is 143 Å². The van der Waals surface area contributed by atoms with E-state index < -0.39 is 55.0 Å². The van der Waals surface area contributed by atoms with Crippen LogP contribution in [-0.4, -0.2) is 49.0 Å². The molecule has 10 nitrogen and oxygen atoms in total. The number of urea groups is 1. The predicted molar refractivity (Wildman–Crippen MR) is 168 cm³/mol. The van der Waals surface area contributed by atoms with Crippen LogP contribution in [0.3, 0.4) is 0 Å². The van der Waals surface area contributed by atoms with E-state index in [0.29, 0.717) is 35.0 Å². The zero-order chi connectivity index (χ0) is 34.4. The Bertz CT molecular complexity index is 1560. The molecule has 1 atom stereocenters. The number of hydrogen-bond acceptors (Lipinski definition) is 6. The summed E-state index contributed by atoms with van der Waals surface area (Å²) in [5.41, 5.74) is 2.81. The molecule has 0 heterocycles. The van der Waals surface area contributed by atoms with Crippen molar-refractivity contribution in [1.29, 1.82) is 0 Å². The van der Waals surface area contributed by atoms with Gasteiger partial charge in [-0.1, -0.05) is 83.9 Å². The second-order valence-electron chi connectivity index (χ2n) is 10.2. The number of carbonyl (C=O) groups is 5. The lowest BCUT2D eigenvalue weighted by molar-refractivity contribution is -0.202. The molecule has 3 aromatic carbocycles. The molecule has 0 aromatic heterocycles. The molecule has 3 rings (SSSR count). The lowest BCUT2D eigenvalue weighted by atomic mass is 9.99. The van der Waals surface area contributed by atoms with Crippen LogP contribution >= 0.6 is 23.2 Å². The number of nitrogens with one attached hydrogen (secondary N) is 4. The number of unbranched alkanes of at least 4 members (excludes halogenated alkanes) is 1. The van der Waals surface area contributed by atoms with Crippen LogP contribution in [0.25, 0.3) is 11.1 Å². The highest BCUT2D eigenvalue weighted by atomic mass is 35.5. The Morgan fingerprint density at radius 3 is 2.11 bits per heavy atom. The first-order valence-electron chi connectivity index (χ1n) is 14.3. The van der Waals surface area contributed by atoms with E-state index in [9.17, 15) is 37.1 Å². The molecule has 0 bridgehead atoms. The SMILES string of the molecule is O=C(CCCCNC(=O)NCc1ccc(Cl)c(Cl)c1)NCC(=O)NC(CC(=O)OC(=O)C(F)(F)F)c1ccc(-c2ccccc2)cc1. The number of benzene rings is 3. The van der Waals surface area contributed by atoms with Crippen LogP contribution in [0, 0.1) is 0 Å². The third-order valence-corrected chi connectivity index (χ3v) is 7.30. The van der Waals surface area contributed by atoms with E-state index in [2.05, 4.69) is 26.0 Å². The zero-order valence-electron chi connectivity index (χ0n) is 24.8. The number of amides is 4. The molecule has 4 amide bonds. The van der Waals surface area contributed by atoms with Gasteiger partial charge in [0.15, 0.2) is 0 Å².